The van der Waals surface area contributed by atoms with Crippen LogP contribution in [0.5, 0.6) is 0 Å². The van der Waals surface area contributed by atoms with Crippen molar-refractivity contribution >= 4 is 35.9 Å². The number of aromatic nitrogens is 2. The molecule has 0 aliphatic rings. The van der Waals surface area contributed by atoms with Crippen LogP contribution in [0.1, 0.15) is 24.6 Å². The monoisotopic (exact) mass is 522 g/mol. The van der Waals surface area contributed by atoms with Crippen molar-refractivity contribution in [2.75, 3.05) is 25.5 Å². The van der Waals surface area contributed by atoms with Crippen LogP contribution < -0.4 is 16.0 Å². The number of alkyl halides is 3. The lowest BCUT2D eigenvalue weighted by Crippen LogP contribution is -2.43. The standard InChI is InChI=1S/C19H25F3N6.HI/c1-14(8-9-15-6-4-3-5-7-15)27-17(23-2)25-12-13-26-18-24-11-10-16(28-18)19(20,21)22;/h3-7,10-11,14H,8-9,12-13H2,1-2H3,(H2,23,25,27)(H,24,26,28);1H. The fraction of sp³-hybridized carbons (Fsp3) is 0.421. The van der Waals surface area contributed by atoms with E-state index in [-0.39, 0.29) is 36.0 Å². The molecule has 0 aliphatic heterocycles. The molecule has 0 aliphatic carbocycles. The topological polar surface area (TPSA) is 74.2 Å². The Bertz CT molecular complexity index is 755. The van der Waals surface area contributed by atoms with Crippen molar-refractivity contribution in [1.29, 1.82) is 0 Å². The van der Waals surface area contributed by atoms with Crippen LogP contribution in [-0.4, -0.2) is 42.1 Å². The molecule has 1 aromatic carbocycles. The van der Waals surface area contributed by atoms with Crippen molar-refractivity contribution in [1.82, 2.24) is 20.6 Å². The van der Waals surface area contributed by atoms with Crippen LogP contribution in [0.15, 0.2) is 47.6 Å². The fourth-order valence-electron chi connectivity index (χ4n) is 2.49. The highest BCUT2D eigenvalue weighted by molar-refractivity contribution is 14.0. The van der Waals surface area contributed by atoms with Gasteiger partial charge in [-0.25, -0.2) is 9.97 Å². The number of aryl methyl sites for hydroxylation is 1. The van der Waals surface area contributed by atoms with Crippen molar-refractivity contribution in [2.24, 2.45) is 4.99 Å². The highest BCUT2D eigenvalue weighted by Gasteiger charge is 2.32. The molecule has 29 heavy (non-hydrogen) atoms. The number of nitrogens with zero attached hydrogens (tertiary/aromatic N) is 3. The Morgan fingerprint density at radius 2 is 1.86 bits per heavy atom. The van der Waals surface area contributed by atoms with E-state index in [0.717, 1.165) is 25.1 Å². The molecule has 0 amide bonds. The van der Waals surface area contributed by atoms with Gasteiger partial charge in [0.05, 0.1) is 0 Å². The molecule has 0 bridgehead atoms. The molecule has 2 rings (SSSR count). The van der Waals surface area contributed by atoms with Gasteiger partial charge in [0.1, 0.15) is 5.69 Å². The lowest BCUT2D eigenvalue weighted by atomic mass is 10.1. The molecule has 0 radical (unpaired) electrons. The predicted molar refractivity (Wildman–Crippen MR) is 120 cm³/mol. The van der Waals surface area contributed by atoms with Gasteiger partial charge in [0, 0.05) is 32.4 Å². The lowest BCUT2D eigenvalue weighted by molar-refractivity contribution is -0.141. The zero-order valence-corrected chi connectivity index (χ0v) is 18.7. The number of benzene rings is 1. The molecular formula is C19H26F3IN6. The van der Waals surface area contributed by atoms with Crippen LogP contribution in [0.25, 0.3) is 0 Å². The third kappa shape index (κ3) is 9.29. The van der Waals surface area contributed by atoms with Crippen LogP contribution in [-0.2, 0) is 12.6 Å². The van der Waals surface area contributed by atoms with Crippen LogP contribution in [0.2, 0.25) is 0 Å². The van der Waals surface area contributed by atoms with Gasteiger partial charge in [0.15, 0.2) is 5.96 Å². The van der Waals surface area contributed by atoms with Gasteiger partial charge in [-0.15, -0.1) is 24.0 Å². The normalized spacial score (nSPS) is 12.7. The van der Waals surface area contributed by atoms with Gasteiger partial charge in [-0.3, -0.25) is 4.99 Å². The van der Waals surface area contributed by atoms with E-state index in [1.54, 1.807) is 7.05 Å². The maximum Gasteiger partial charge on any atom is 0.433 e. The second-order valence-electron chi connectivity index (χ2n) is 6.26. The van der Waals surface area contributed by atoms with Crippen molar-refractivity contribution in [3.8, 4) is 0 Å². The average Bonchev–Trinajstić information content (AvgIpc) is 2.69. The minimum Gasteiger partial charge on any atom is -0.355 e. The number of aliphatic imine (C=N–C) groups is 1. The van der Waals surface area contributed by atoms with Crippen molar-refractivity contribution in [2.45, 2.75) is 32.0 Å². The van der Waals surface area contributed by atoms with E-state index in [0.29, 0.717) is 19.0 Å². The Morgan fingerprint density at radius 3 is 2.52 bits per heavy atom. The summed E-state index contributed by atoms with van der Waals surface area (Å²) in [5.74, 6) is 0.572. The summed E-state index contributed by atoms with van der Waals surface area (Å²) in [6.45, 7) is 2.87. The fourth-order valence-corrected chi connectivity index (χ4v) is 2.49. The Balaban J connectivity index is 0.00000420. The highest BCUT2D eigenvalue weighted by atomic mass is 127. The van der Waals surface area contributed by atoms with E-state index in [2.05, 4.69) is 50.0 Å². The number of guanidine groups is 1. The van der Waals surface area contributed by atoms with Crippen molar-refractivity contribution in [3.05, 3.63) is 53.9 Å². The number of nitrogens with one attached hydrogen (secondary N) is 3. The summed E-state index contributed by atoms with van der Waals surface area (Å²) in [4.78, 5) is 11.4. The van der Waals surface area contributed by atoms with Gasteiger partial charge in [-0.1, -0.05) is 30.3 Å². The Labute approximate surface area is 185 Å². The van der Waals surface area contributed by atoms with Gasteiger partial charge >= 0.3 is 6.18 Å². The first-order chi connectivity index (χ1) is 13.4. The Hall–Kier alpha value is -2.11. The van der Waals surface area contributed by atoms with Gasteiger partial charge < -0.3 is 16.0 Å². The average molecular weight is 522 g/mol. The van der Waals surface area contributed by atoms with Crippen LogP contribution >= 0.6 is 24.0 Å². The molecule has 3 N–H and O–H groups in total. The SMILES string of the molecule is CN=C(NCCNc1nccc(C(F)(F)F)n1)NC(C)CCc1ccccc1.I. The molecule has 0 saturated heterocycles. The lowest BCUT2D eigenvalue weighted by Gasteiger charge is -2.18. The number of rotatable bonds is 8. The maximum absolute atomic E-state index is 12.6. The smallest absolute Gasteiger partial charge is 0.355 e. The molecule has 160 valence electrons. The summed E-state index contributed by atoms with van der Waals surface area (Å²) in [5, 5.41) is 9.18. The van der Waals surface area contributed by atoms with Crippen LogP contribution in [0.3, 0.4) is 0 Å². The van der Waals surface area contributed by atoms with E-state index in [9.17, 15) is 13.2 Å². The van der Waals surface area contributed by atoms with Gasteiger partial charge in [0.2, 0.25) is 5.95 Å². The van der Waals surface area contributed by atoms with Gasteiger partial charge in [0.25, 0.3) is 0 Å². The summed E-state index contributed by atoms with van der Waals surface area (Å²) in [6, 6.07) is 11.3. The number of hydrogen-bond donors (Lipinski definition) is 3. The first-order valence-corrected chi connectivity index (χ1v) is 9.03. The third-order valence-corrected chi connectivity index (χ3v) is 3.96. The van der Waals surface area contributed by atoms with Crippen molar-refractivity contribution in [3.63, 3.8) is 0 Å². The Kier molecular flexibility index (Phi) is 10.7. The largest absolute Gasteiger partial charge is 0.433 e. The van der Waals surface area contributed by atoms with E-state index in [1.807, 2.05) is 18.2 Å². The van der Waals surface area contributed by atoms with E-state index < -0.39 is 11.9 Å². The molecule has 6 nitrogen and oxygen atoms in total. The van der Waals surface area contributed by atoms with E-state index >= 15 is 0 Å². The molecule has 1 atom stereocenters. The van der Waals surface area contributed by atoms with Gasteiger partial charge in [-0.05, 0) is 31.4 Å². The Morgan fingerprint density at radius 1 is 1.14 bits per heavy atom. The van der Waals surface area contributed by atoms with Crippen molar-refractivity contribution < 1.29 is 13.2 Å². The summed E-state index contributed by atoms with van der Waals surface area (Å²) >= 11 is 0. The van der Waals surface area contributed by atoms with Gasteiger partial charge in [-0.2, -0.15) is 13.2 Å². The quantitative estimate of drug-likeness (QED) is 0.214. The minimum absolute atomic E-state index is 0. The summed E-state index contributed by atoms with van der Waals surface area (Å²) in [7, 11) is 1.67. The summed E-state index contributed by atoms with van der Waals surface area (Å²) in [5.41, 5.74) is 0.312. The molecule has 0 fully saturated rings. The number of anilines is 1. The molecule has 10 heteroatoms. The molecule has 0 saturated carbocycles. The predicted octanol–water partition coefficient (Wildman–Crippen LogP) is 3.71. The first-order valence-electron chi connectivity index (χ1n) is 9.03. The second-order valence-corrected chi connectivity index (χ2v) is 6.26. The zero-order chi connectivity index (χ0) is 20.4. The zero-order valence-electron chi connectivity index (χ0n) is 16.3. The number of halogens is 4. The number of hydrogen-bond acceptors (Lipinski definition) is 4. The van der Waals surface area contributed by atoms with E-state index in [4.69, 9.17) is 0 Å². The molecule has 1 unspecified atom stereocenters. The second kappa shape index (κ2) is 12.5. The first kappa shape index (κ1) is 24.9. The minimum atomic E-state index is -4.49. The molecular weight excluding hydrogens is 496 g/mol. The third-order valence-electron chi connectivity index (χ3n) is 3.96. The summed E-state index contributed by atoms with van der Waals surface area (Å²) < 4.78 is 37.9. The maximum atomic E-state index is 12.6. The highest BCUT2D eigenvalue weighted by Crippen LogP contribution is 2.27. The van der Waals surface area contributed by atoms with Crippen LogP contribution in [0.4, 0.5) is 19.1 Å². The van der Waals surface area contributed by atoms with E-state index in [1.165, 1.54) is 5.56 Å². The summed E-state index contributed by atoms with van der Waals surface area (Å²) in [6.07, 6.45) is -1.50. The van der Waals surface area contributed by atoms with Crippen LogP contribution in [0, 0.1) is 0 Å². The molecule has 2 aromatic rings. The molecule has 0 spiro atoms. The molecule has 1 heterocycles. The molecule has 1 aromatic heterocycles.